The first-order valence-electron chi connectivity index (χ1n) is 3.40. The molecule has 0 spiro atoms. The molecule has 1 N–H and O–H groups in total. The van der Waals surface area contributed by atoms with E-state index in [1.807, 2.05) is 0 Å². The lowest BCUT2D eigenvalue weighted by Crippen LogP contribution is -1.98. The molecular weight excluding hydrogens is 230 g/mol. The highest BCUT2D eigenvalue weighted by atomic mass is 79.9. The smallest absolute Gasteiger partial charge is 0.137 e. The monoisotopic (exact) mass is 236 g/mol. The third-order valence-corrected chi connectivity index (χ3v) is 2.36. The molecule has 1 rings (SSSR count). The summed E-state index contributed by atoms with van der Waals surface area (Å²) >= 11 is 2.91. The second-order valence-corrected chi connectivity index (χ2v) is 3.09. The standard InChI is InChI=1S/C8H7BrF2O/c9-8-5(3-4-12)6(10)1-2-7(8)11/h1-2,12H,3-4H2. The summed E-state index contributed by atoms with van der Waals surface area (Å²) in [5.41, 5.74) is 0.178. The molecule has 0 atom stereocenters. The Morgan fingerprint density at radius 1 is 1.25 bits per heavy atom. The van der Waals surface area contributed by atoms with E-state index < -0.39 is 11.6 Å². The first-order valence-corrected chi connectivity index (χ1v) is 4.19. The van der Waals surface area contributed by atoms with Crippen molar-refractivity contribution in [2.45, 2.75) is 6.42 Å². The van der Waals surface area contributed by atoms with Crippen molar-refractivity contribution < 1.29 is 13.9 Å². The van der Waals surface area contributed by atoms with Gasteiger partial charge in [0.15, 0.2) is 0 Å². The maximum atomic E-state index is 12.9. The summed E-state index contributed by atoms with van der Waals surface area (Å²) in [7, 11) is 0. The van der Waals surface area contributed by atoms with E-state index in [0.29, 0.717) is 0 Å². The van der Waals surface area contributed by atoms with E-state index in [1.165, 1.54) is 0 Å². The van der Waals surface area contributed by atoms with Gasteiger partial charge in [-0.3, -0.25) is 0 Å². The Morgan fingerprint density at radius 2 is 1.83 bits per heavy atom. The number of benzene rings is 1. The van der Waals surface area contributed by atoms with E-state index in [0.717, 1.165) is 12.1 Å². The van der Waals surface area contributed by atoms with Crippen molar-refractivity contribution in [2.24, 2.45) is 0 Å². The highest BCUT2D eigenvalue weighted by Gasteiger charge is 2.10. The van der Waals surface area contributed by atoms with E-state index in [4.69, 9.17) is 5.11 Å². The number of hydrogen-bond donors (Lipinski definition) is 1. The zero-order chi connectivity index (χ0) is 9.14. The van der Waals surface area contributed by atoms with Crippen LogP contribution in [-0.2, 0) is 6.42 Å². The number of hydrogen-bond acceptors (Lipinski definition) is 1. The Labute approximate surface area is 77.2 Å². The first kappa shape index (κ1) is 9.61. The van der Waals surface area contributed by atoms with Gasteiger partial charge in [0, 0.05) is 12.2 Å². The molecule has 0 unspecified atom stereocenters. The minimum absolute atomic E-state index is 0.0940. The number of halogens is 3. The molecule has 0 aliphatic carbocycles. The van der Waals surface area contributed by atoms with Crippen molar-refractivity contribution in [3.63, 3.8) is 0 Å². The lowest BCUT2D eigenvalue weighted by Gasteiger charge is -2.04. The summed E-state index contributed by atoms with van der Waals surface area (Å²) in [6, 6.07) is 2.09. The van der Waals surface area contributed by atoms with Crippen LogP contribution in [0.2, 0.25) is 0 Å². The lowest BCUT2D eigenvalue weighted by atomic mass is 10.1. The first-order chi connectivity index (χ1) is 5.66. The average molecular weight is 237 g/mol. The molecule has 1 aromatic carbocycles. The van der Waals surface area contributed by atoms with Gasteiger partial charge in [0.25, 0.3) is 0 Å². The minimum atomic E-state index is -0.514. The maximum Gasteiger partial charge on any atom is 0.137 e. The Morgan fingerprint density at radius 3 is 2.42 bits per heavy atom. The van der Waals surface area contributed by atoms with E-state index in [-0.39, 0.29) is 23.1 Å². The molecule has 0 heterocycles. The molecule has 1 nitrogen and oxygen atoms in total. The van der Waals surface area contributed by atoms with Gasteiger partial charge < -0.3 is 5.11 Å². The van der Waals surface area contributed by atoms with E-state index in [1.54, 1.807) is 0 Å². The van der Waals surface area contributed by atoms with Gasteiger partial charge in [-0.1, -0.05) is 0 Å². The average Bonchev–Trinajstić information content (AvgIpc) is 2.06. The molecule has 0 aliphatic heterocycles. The topological polar surface area (TPSA) is 20.2 Å². The lowest BCUT2D eigenvalue weighted by molar-refractivity contribution is 0.297. The summed E-state index contributed by atoms with van der Waals surface area (Å²) in [4.78, 5) is 0. The predicted octanol–water partition coefficient (Wildman–Crippen LogP) is 2.26. The highest BCUT2D eigenvalue weighted by Crippen LogP contribution is 2.23. The van der Waals surface area contributed by atoms with Crippen LogP contribution in [0, 0.1) is 11.6 Å². The number of aliphatic hydroxyl groups excluding tert-OH is 1. The van der Waals surface area contributed by atoms with Crippen LogP contribution < -0.4 is 0 Å². The summed E-state index contributed by atoms with van der Waals surface area (Å²) in [5, 5.41) is 8.55. The second kappa shape index (κ2) is 3.96. The molecule has 1 aromatic rings. The van der Waals surface area contributed by atoms with Gasteiger partial charge in [-0.05, 0) is 34.5 Å². The van der Waals surface area contributed by atoms with Gasteiger partial charge in [-0.15, -0.1) is 0 Å². The van der Waals surface area contributed by atoms with Crippen molar-refractivity contribution in [2.75, 3.05) is 6.61 Å². The van der Waals surface area contributed by atoms with Crippen LogP contribution in [0.5, 0.6) is 0 Å². The van der Waals surface area contributed by atoms with Crippen molar-refractivity contribution in [3.8, 4) is 0 Å². The predicted molar refractivity (Wildman–Crippen MR) is 44.8 cm³/mol. The second-order valence-electron chi connectivity index (χ2n) is 2.30. The van der Waals surface area contributed by atoms with Gasteiger partial charge in [-0.25, -0.2) is 8.78 Å². The SMILES string of the molecule is OCCc1c(F)ccc(F)c1Br. The molecule has 0 bridgehead atoms. The zero-order valence-electron chi connectivity index (χ0n) is 6.15. The Bertz CT molecular complexity index is 289. The summed E-state index contributed by atoms with van der Waals surface area (Å²) < 4.78 is 25.8. The molecule has 0 fully saturated rings. The van der Waals surface area contributed by atoms with Crippen molar-refractivity contribution >= 4 is 15.9 Å². The molecule has 0 aromatic heterocycles. The van der Waals surface area contributed by atoms with Gasteiger partial charge >= 0.3 is 0 Å². The molecule has 0 aliphatic rings. The van der Waals surface area contributed by atoms with Gasteiger partial charge in [0.05, 0.1) is 4.47 Å². The Hall–Kier alpha value is -0.480. The molecule has 0 saturated heterocycles. The third-order valence-electron chi connectivity index (χ3n) is 1.50. The quantitative estimate of drug-likeness (QED) is 0.782. The number of aliphatic hydroxyl groups is 1. The number of rotatable bonds is 2. The van der Waals surface area contributed by atoms with Crippen LogP contribution in [-0.4, -0.2) is 11.7 Å². The Balaban J connectivity index is 3.14. The molecule has 0 saturated carbocycles. The normalized spacial score (nSPS) is 10.3. The molecule has 4 heteroatoms. The zero-order valence-corrected chi connectivity index (χ0v) is 7.74. The van der Waals surface area contributed by atoms with Gasteiger partial charge in [-0.2, -0.15) is 0 Å². The summed E-state index contributed by atoms with van der Waals surface area (Å²) in [6.45, 7) is -0.195. The minimum Gasteiger partial charge on any atom is -0.396 e. The van der Waals surface area contributed by atoms with Crippen molar-refractivity contribution in [3.05, 3.63) is 33.8 Å². The fourth-order valence-electron chi connectivity index (χ4n) is 0.910. The van der Waals surface area contributed by atoms with Gasteiger partial charge in [0.1, 0.15) is 11.6 Å². The van der Waals surface area contributed by atoms with Crippen LogP contribution in [0.3, 0.4) is 0 Å². The molecule has 12 heavy (non-hydrogen) atoms. The Kier molecular flexibility index (Phi) is 3.17. The fraction of sp³-hybridized carbons (Fsp3) is 0.250. The third kappa shape index (κ3) is 1.81. The molecule has 0 radical (unpaired) electrons. The molecule has 0 amide bonds. The molecule has 66 valence electrons. The van der Waals surface area contributed by atoms with E-state index >= 15 is 0 Å². The summed E-state index contributed by atoms with van der Waals surface area (Å²) in [5.74, 6) is -1.02. The van der Waals surface area contributed by atoms with E-state index in [2.05, 4.69) is 15.9 Å². The highest BCUT2D eigenvalue weighted by molar-refractivity contribution is 9.10. The van der Waals surface area contributed by atoms with Gasteiger partial charge in [0.2, 0.25) is 0 Å². The largest absolute Gasteiger partial charge is 0.396 e. The van der Waals surface area contributed by atoms with Crippen LogP contribution in [0.25, 0.3) is 0 Å². The van der Waals surface area contributed by atoms with Crippen molar-refractivity contribution in [1.29, 1.82) is 0 Å². The van der Waals surface area contributed by atoms with E-state index in [9.17, 15) is 8.78 Å². The molecular formula is C8H7BrF2O. The maximum absolute atomic E-state index is 12.9. The summed E-state index contributed by atoms with van der Waals surface area (Å²) in [6.07, 6.45) is 0.115. The van der Waals surface area contributed by atoms with Crippen molar-refractivity contribution in [1.82, 2.24) is 0 Å². The van der Waals surface area contributed by atoms with Crippen LogP contribution in [0.1, 0.15) is 5.56 Å². The fourth-order valence-corrected chi connectivity index (χ4v) is 1.43. The van der Waals surface area contributed by atoms with Crippen LogP contribution >= 0.6 is 15.9 Å². The van der Waals surface area contributed by atoms with Crippen LogP contribution in [0.4, 0.5) is 8.78 Å². The van der Waals surface area contributed by atoms with Crippen LogP contribution in [0.15, 0.2) is 16.6 Å².